The van der Waals surface area contributed by atoms with Gasteiger partial charge in [0.1, 0.15) is 0 Å². The lowest BCUT2D eigenvalue weighted by atomic mass is 10.1. The maximum Gasteiger partial charge on any atom is 0.251 e. The van der Waals surface area contributed by atoms with Gasteiger partial charge in [0.15, 0.2) is 11.6 Å². The number of nitrogens with one attached hydrogen (secondary N) is 1. The van der Waals surface area contributed by atoms with Crippen LogP contribution in [0.5, 0.6) is 0 Å². The Morgan fingerprint density at radius 1 is 1.30 bits per heavy atom. The highest BCUT2D eigenvalue weighted by Gasteiger charge is 2.12. The molecule has 0 aliphatic carbocycles. The number of rotatable bonds is 5. The minimum Gasteiger partial charge on any atom is -0.472 e. The number of hydrogen-bond donors (Lipinski definition) is 2. The van der Waals surface area contributed by atoms with Gasteiger partial charge in [-0.2, -0.15) is 0 Å². The molecule has 0 saturated heterocycles. The van der Waals surface area contributed by atoms with Crippen molar-refractivity contribution in [3.05, 3.63) is 59.6 Å². The first-order valence-corrected chi connectivity index (χ1v) is 6.01. The Hall–Kier alpha value is -2.21. The molecule has 4 nitrogen and oxygen atoms in total. The maximum atomic E-state index is 13.0. The fraction of sp³-hybridized carbons (Fsp3) is 0.214. The van der Waals surface area contributed by atoms with Crippen LogP contribution in [0.4, 0.5) is 8.78 Å². The summed E-state index contributed by atoms with van der Waals surface area (Å²) in [6.45, 7) is 0.199. The fourth-order valence-corrected chi connectivity index (χ4v) is 1.69. The molecule has 0 aliphatic heterocycles. The molecular weight excluding hydrogens is 268 g/mol. The fourth-order valence-electron chi connectivity index (χ4n) is 1.69. The van der Waals surface area contributed by atoms with Crippen LogP contribution >= 0.6 is 0 Å². The Morgan fingerprint density at radius 3 is 2.75 bits per heavy atom. The van der Waals surface area contributed by atoms with Crippen LogP contribution in [0.25, 0.3) is 0 Å². The number of hydrogen-bond acceptors (Lipinski definition) is 3. The summed E-state index contributed by atoms with van der Waals surface area (Å²) < 4.78 is 30.5. The Labute approximate surface area is 114 Å². The van der Waals surface area contributed by atoms with Gasteiger partial charge in [0.2, 0.25) is 0 Å². The summed E-state index contributed by atoms with van der Waals surface area (Å²) in [5, 5.41) is 12.3. The van der Waals surface area contributed by atoms with Crippen LogP contribution in [0.15, 0.2) is 41.2 Å². The van der Waals surface area contributed by atoms with E-state index in [1.54, 1.807) is 6.07 Å². The molecule has 0 saturated carbocycles. The zero-order chi connectivity index (χ0) is 14.5. The Balaban J connectivity index is 1.84. The van der Waals surface area contributed by atoms with Gasteiger partial charge in [-0.1, -0.05) is 0 Å². The average Bonchev–Trinajstić information content (AvgIpc) is 2.95. The molecule has 1 unspecified atom stereocenters. The van der Waals surface area contributed by atoms with E-state index in [9.17, 15) is 18.7 Å². The lowest BCUT2D eigenvalue weighted by Gasteiger charge is -2.09. The second-order valence-electron chi connectivity index (χ2n) is 4.25. The highest BCUT2D eigenvalue weighted by atomic mass is 19.2. The van der Waals surface area contributed by atoms with E-state index in [4.69, 9.17) is 4.42 Å². The zero-order valence-electron chi connectivity index (χ0n) is 10.5. The van der Waals surface area contributed by atoms with Crippen LogP contribution in [-0.2, 0) is 0 Å². The molecule has 0 aliphatic rings. The molecule has 1 amide bonds. The van der Waals surface area contributed by atoms with E-state index >= 15 is 0 Å². The molecule has 1 atom stereocenters. The van der Waals surface area contributed by atoms with Crippen molar-refractivity contribution in [2.45, 2.75) is 12.5 Å². The van der Waals surface area contributed by atoms with Gasteiger partial charge in [0, 0.05) is 17.7 Å². The molecule has 0 fully saturated rings. The van der Waals surface area contributed by atoms with Crippen LogP contribution in [0.1, 0.15) is 28.4 Å². The number of carbonyl (C=O) groups excluding carboxylic acids is 1. The van der Waals surface area contributed by atoms with Crippen LogP contribution in [0.3, 0.4) is 0 Å². The maximum absolute atomic E-state index is 13.0. The minimum atomic E-state index is -1.07. The van der Waals surface area contributed by atoms with Gasteiger partial charge < -0.3 is 14.8 Å². The van der Waals surface area contributed by atoms with Gasteiger partial charge in [0.25, 0.3) is 5.91 Å². The third-order valence-corrected chi connectivity index (χ3v) is 2.81. The van der Waals surface area contributed by atoms with Gasteiger partial charge in [-0.3, -0.25) is 4.79 Å². The van der Waals surface area contributed by atoms with E-state index in [0.29, 0.717) is 5.56 Å². The van der Waals surface area contributed by atoms with E-state index in [-0.39, 0.29) is 18.5 Å². The Morgan fingerprint density at radius 2 is 2.10 bits per heavy atom. The molecule has 2 aromatic rings. The van der Waals surface area contributed by atoms with Gasteiger partial charge in [-0.15, -0.1) is 0 Å². The van der Waals surface area contributed by atoms with E-state index in [2.05, 4.69) is 5.32 Å². The number of amides is 1. The number of carbonyl (C=O) groups is 1. The number of furan rings is 1. The first kappa shape index (κ1) is 14.2. The second kappa shape index (κ2) is 6.29. The molecule has 0 bridgehead atoms. The van der Waals surface area contributed by atoms with Crippen molar-refractivity contribution < 1.29 is 23.1 Å². The number of benzene rings is 1. The van der Waals surface area contributed by atoms with Crippen molar-refractivity contribution in [2.24, 2.45) is 0 Å². The summed E-state index contributed by atoms with van der Waals surface area (Å²) in [6, 6.07) is 4.55. The van der Waals surface area contributed by atoms with Crippen molar-refractivity contribution in [2.75, 3.05) is 6.54 Å². The summed E-state index contributed by atoms with van der Waals surface area (Å²) in [5.41, 5.74) is 0.647. The quantitative estimate of drug-likeness (QED) is 0.884. The monoisotopic (exact) mass is 281 g/mol. The van der Waals surface area contributed by atoms with Crippen molar-refractivity contribution in [1.82, 2.24) is 5.32 Å². The lowest BCUT2D eigenvalue weighted by molar-refractivity contribution is 0.0942. The molecule has 106 valence electrons. The van der Waals surface area contributed by atoms with Gasteiger partial charge >= 0.3 is 0 Å². The third kappa shape index (κ3) is 3.42. The first-order chi connectivity index (χ1) is 9.58. The smallest absolute Gasteiger partial charge is 0.251 e. The Kier molecular flexibility index (Phi) is 4.47. The molecule has 0 spiro atoms. The molecule has 6 heteroatoms. The Bertz CT molecular complexity index is 584. The van der Waals surface area contributed by atoms with Crippen molar-refractivity contribution in [3.63, 3.8) is 0 Å². The van der Waals surface area contributed by atoms with E-state index in [1.165, 1.54) is 18.6 Å². The summed E-state index contributed by atoms with van der Waals surface area (Å²) in [4.78, 5) is 11.7. The molecule has 20 heavy (non-hydrogen) atoms. The molecule has 1 aromatic heterocycles. The predicted molar refractivity (Wildman–Crippen MR) is 67.0 cm³/mol. The largest absolute Gasteiger partial charge is 0.472 e. The highest BCUT2D eigenvalue weighted by Crippen LogP contribution is 2.16. The van der Waals surface area contributed by atoms with E-state index in [0.717, 1.165) is 12.1 Å². The van der Waals surface area contributed by atoms with Crippen molar-refractivity contribution in [3.8, 4) is 0 Å². The van der Waals surface area contributed by atoms with Crippen molar-refractivity contribution in [1.29, 1.82) is 0 Å². The third-order valence-electron chi connectivity index (χ3n) is 2.81. The van der Waals surface area contributed by atoms with Gasteiger partial charge in [0.05, 0.1) is 18.6 Å². The summed E-state index contributed by atoms with van der Waals surface area (Å²) in [7, 11) is 0. The SMILES string of the molecule is O=C(NCCC(O)c1ccoc1)c1ccc(F)c(F)c1. The van der Waals surface area contributed by atoms with E-state index in [1.807, 2.05) is 0 Å². The van der Waals surface area contributed by atoms with Gasteiger partial charge in [-0.25, -0.2) is 8.78 Å². The molecule has 1 aromatic carbocycles. The predicted octanol–water partition coefficient (Wildman–Crippen LogP) is 2.41. The average molecular weight is 281 g/mol. The van der Waals surface area contributed by atoms with Crippen LogP contribution < -0.4 is 5.32 Å². The summed E-state index contributed by atoms with van der Waals surface area (Å²) >= 11 is 0. The molecule has 2 N–H and O–H groups in total. The standard InChI is InChI=1S/C14H13F2NO3/c15-11-2-1-9(7-12(11)16)14(19)17-5-3-13(18)10-4-6-20-8-10/h1-2,4,6-8,13,18H,3,5H2,(H,17,19). The van der Waals surface area contributed by atoms with Crippen molar-refractivity contribution >= 4 is 5.91 Å². The number of aliphatic hydroxyl groups is 1. The van der Waals surface area contributed by atoms with Crippen LogP contribution in [0, 0.1) is 11.6 Å². The van der Waals surface area contributed by atoms with Crippen LogP contribution in [-0.4, -0.2) is 17.6 Å². The lowest BCUT2D eigenvalue weighted by Crippen LogP contribution is -2.25. The number of halogens is 2. The summed E-state index contributed by atoms with van der Waals surface area (Å²) in [5.74, 6) is -2.60. The molecule has 1 heterocycles. The molecule has 0 radical (unpaired) electrons. The minimum absolute atomic E-state index is 0.0294. The van der Waals surface area contributed by atoms with E-state index < -0.39 is 23.6 Å². The zero-order valence-corrected chi connectivity index (χ0v) is 10.5. The number of aliphatic hydroxyl groups excluding tert-OH is 1. The molecular formula is C14H13F2NO3. The topological polar surface area (TPSA) is 62.5 Å². The van der Waals surface area contributed by atoms with Crippen LogP contribution in [0.2, 0.25) is 0 Å². The molecule has 2 rings (SSSR count). The first-order valence-electron chi connectivity index (χ1n) is 6.01. The second-order valence-corrected chi connectivity index (χ2v) is 4.25. The van der Waals surface area contributed by atoms with Gasteiger partial charge in [-0.05, 0) is 30.7 Å². The summed E-state index contributed by atoms with van der Waals surface area (Å²) in [6.07, 6.45) is 2.40. The highest BCUT2D eigenvalue weighted by molar-refractivity contribution is 5.94. The normalized spacial score (nSPS) is 12.2.